The summed E-state index contributed by atoms with van der Waals surface area (Å²) < 4.78 is 51.7. The summed E-state index contributed by atoms with van der Waals surface area (Å²) in [6.07, 6.45) is 2.23. The van der Waals surface area contributed by atoms with Crippen molar-refractivity contribution < 1.29 is 27.8 Å². The molecule has 1 fully saturated rings. The Morgan fingerprint density at radius 3 is 2.47 bits per heavy atom. The summed E-state index contributed by atoms with van der Waals surface area (Å²) in [5.41, 5.74) is 3.17. The zero-order valence-electron chi connectivity index (χ0n) is 22.9. The molecule has 0 radical (unpaired) electrons. The summed E-state index contributed by atoms with van der Waals surface area (Å²) in [5, 5.41) is 13.2. The summed E-state index contributed by atoms with van der Waals surface area (Å²) in [7, 11) is 0. The number of ether oxygens (including phenoxy) is 1. The second kappa shape index (κ2) is 12.1. The number of rotatable bonds is 9. The number of carboxylic acid groups (broad SMARTS) is 1. The van der Waals surface area contributed by atoms with Crippen LogP contribution < -0.4 is 10.1 Å². The van der Waals surface area contributed by atoms with Gasteiger partial charge in [-0.3, -0.25) is 0 Å². The number of nitrogens with zero attached hydrogens (tertiary/aromatic N) is 2. The Bertz CT molecular complexity index is 1840. The number of imidazole rings is 1. The second-order valence-electron chi connectivity index (χ2n) is 10.6. The minimum atomic E-state index is -1.02. The third kappa shape index (κ3) is 6.23. The van der Waals surface area contributed by atoms with Crippen LogP contribution in [0.5, 0.6) is 5.75 Å². The van der Waals surface area contributed by atoms with Crippen LogP contribution in [0.2, 0.25) is 5.02 Å². The fourth-order valence-corrected chi connectivity index (χ4v) is 5.56. The molecule has 10 heteroatoms. The maximum Gasteiger partial charge on any atom is 0.335 e. The Balaban J connectivity index is 1.26. The van der Waals surface area contributed by atoms with Crippen LogP contribution in [0.3, 0.4) is 0 Å². The maximum absolute atomic E-state index is 15.5. The van der Waals surface area contributed by atoms with Crippen LogP contribution in [-0.4, -0.2) is 33.2 Å². The monoisotopic (exact) mass is 605 g/mol. The van der Waals surface area contributed by atoms with Crippen molar-refractivity contribution in [3.63, 3.8) is 0 Å². The fourth-order valence-electron chi connectivity index (χ4n) is 5.41. The molecule has 6 nitrogen and oxygen atoms in total. The van der Waals surface area contributed by atoms with E-state index in [4.69, 9.17) is 21.3 Å². The quantitative estimate of drug-likeness (QED) is 0.183. The Hall–Kier alpha value is -4.34. The smallest absolute Gasteiger partial charge is 0.335 e. The molecular formula is C33H27ClF3N3O3. The molecule has 220 valence electrons. The molecular weight excluding hydrogens is 579 g/mol. The van der Waals surface area contributed by atoms with Gasteiger partial charge in [0.15, 0.2) is 11.6 Å². The molecule has 0 unspecified atom stereocenters. The van der Waals surface area contributed by atoms with Gasteiger partial charge < -0.3 is 19.7 Å². The standard InChI is InChI=1S/C33H27ClF3N3O3/c34-24-8-5-23(28(37)16-24)18-43-31-14-20(6-9-26(31)35)19-3-4-21(27(36)12-19)15-32-39-29-10-7-22(33(41)42)13-30(29)40(32)17-25-2-1-11-38-25/h3-10,12-14,16,25,38H,1-2,11,15,17-18H2,(H,41,42)/t25-/m0/s1. The highest BCUT2D eigenvalue weighted by Crippen LogP contribution is 2.30. The highest BCUT2D eigenvalue weighted by atomic mass is 35.5. The molecule has 1 saturated heterocycles. The first kappa shape index (κ1) is 28.8. The number of carbonyl (C=O) groups is 1. The summed E-state index contributed by atoms with van der Waals surface area (Å²) in [6, 6.07) is 18.1. The number of benzene rings is 4. The third-order valence-corrected chi connectivity index (χ3v) is 7.94. The van der Waals surface area contributed by atoms with Crippen LogP contribution in [0.15, 0.2) is 72.8 Å². The molecule has 2 N–H and O–H groups in total. The van der Waals surface area contributed by atoms with Crippen molar-refractivity contribution in [2.75, 3.05) is 6.54 Å². The van der Waals surface area contributed by atoms with Crippen molar-refractivity contribution >= 4 is 28.6 Å². The van der Waals surface area contributed by atoms with E-state index < -0.39 is 23.4 Å². The largest absolute Gasteiger partial charge is 0.486 e. The van der Waals surface area contributed by atoms with Gasteiger partial charge in [-0.2, -0.15) is 0 Å². The Kier molecular flexibility index (Phi) is 8.10. The maximum atomic E-state index is 15.5. The normalized spacial score (nSPS) is 14.8. The highest BCUT2D eigenvalue weighted by molar-refractivity contribution is 6.30. The summed E-state index contributed by atoms with van der Waals surface area (Å²) in [5.74, 6) is -2.13. The van der Waals surface area contributed by atoms with E-state index in [1.807, 2.05) is 4.57 Å². The van der Waals surface area contributed by atoms with Gasteiger partial charge in [-0.1, -0.05) is 35.9 Å². The molecule has 1 aromatic heterocycles. The molecule has 1 aliphatic rings. The van der Waals surface area contributed by atoms with E-state index in [-0.39, 0.29) is 41.0 Å². The molecule has 2 heterocycles. The first-order valence-corrected chi connectivity index (χ1v) is 14.2. The van der Waals surface area contributed by atoms with Gasteiger partial charge in [0.2, 0.25) is 0 Å². The van der Waals surface area contributed by atoms with Crippen molar-refractivity contribution in [3.8, 4) is 16.9 Å². The Labute approximate surface area is 250 Å². The lowest BCUT2D eigenvalue weighted by Gasteiger charge is -2.15. The number of aromatic carboxylic acids is 1. The molecule has 43 heavy (non-hydrogen) atoms. The van der Waals surface area contributed by atoms with Crippen molar-refractivity contribution in [2.24, 2.45) is 0 Å². The van der Waals surface area contributed by atoms with Gasteiger partial charge in [0.05, 0.1) is 16.6 Å². The zero-order valence-corrected chi connectivity index (χ0v) is 23.7. The van der Waals surface area contributed by atoms with Gasteiger partial charge in [-0.15, -0.1) is 0 Å². The zero-order chi connectivity index (χ0) is 30.1. The molecule has 5 aromatic rings. The van der Waals surface area contributed by atoms with Crippen LogP contribution in [-0.2, 0) is 19.6 Å². The van der Waals surface area contributed by atoms with Crippen molar-refractivity contribution in [2.45, 2.75) is 38.5 Å². The third-order valence-electron chi connectivity index (χ3n) is 7.70. The topological polar surface area (TPSA) is 76.4 Å². The predicted octanol–water partition coefficient (Wildman–Crippen LogP) is 7.39. The lowest BCUT2D eigenvalue weighted by atomic mass is 10.0. The number of halogens is 4. The van der Waals surface area contributed by atoms with Gasteiger partial charge in [-0.05, 0) is 84.6 Å². The molecule has 1 aliphatic heterocycles. The average Bonchev–Trinajstić information content (AvgIpc) is 3.62. The Morgan fingerprint density at radius 2 is 1.72 bits per heavy atom. The second-order valence-corrected chi connectivity index (χ2v) is 11.0. The molecule has 0 spiro atoms. The number of aromatic nitrogens is 2. The van der Waals surface area contributed by atoms with Gasteiger partial charge >= 0.3 is 5.97 Å². The number of fused-ring (bicyclic) bond motifs is 1. The van der Waals surface area contributed by atoms with Gasteiger partial charge in [0, 0.05) is 29.6 Å². The molecule has 0 saturated carbocycles. The van der Waals surface area contributed by atoms with E-state index in [0.29, 0.717) is 40.1 Å². The van der Waals surface area contributed by atoms with Crippen LogP contribution >= 0.6 is 11.6 Å². The number of hydrogen-bond acceptors (Lipinski definition) is 4. The number of hydrogen-bond donors (Lipinski definition) is 2. The lowest BCUT2D eigenvalue weighted by molar-refractivity contribution is 0.0697. The summed E-state index contributed by atoms with van der Waals surface area (Å²) in [4.78, 5) is 16.4. The molecule has 1 atom stereocenters. The first-order valence-electron chi connectivity index (χ1n) is 13.9. The van der Waals surface area contributed by atoms with E-state index in [0.717, 1.165) is 25.5 Å². The number of carboxylic acids is 1. The van der Waals surface area contributed by atoms with Crippen molar-refractivity contribution in [1.29, 1.82) is 0 Å². The van der Waals surface area contributed by atoms with E-state index in [1.165, 1.54) is 42.5 Å². The van der Waals surface area contributed by atoms with Gasteiger partial charge in [0.25, 0.3) is 0 Å². The molecule has 0 bridgehead atoms. The molecule has 6 rings (SSSR count). The van der Waals surface area contributed by atoms with Crippen LogP contribution in [0.4, 0.5) is 13.2 Å². The van der Waals surface area contributed by atoms with Crippen molar-refractivity contribution in [1.82, 2.24) is 14.9 Å². The lowest BCUT2D eigenvalue weighted by Crippen LogP contribution is -2.27. The van der Waals surface area contributed by atoms with Gasteiger partial charge in [0.1, 0.15) is 24.1 Å². The minimum absolute atomic E-state index is 0.0914. The summed E-state index contributed by atoms with van der Waals surface area (Å²) >= 11 is 5.80. The van der Waals surface area contributed by atoms with Crippen molar-refractivity contribution in [3.05, 3.63) is 118 Å². The van der Waals surface area contributed by atoms with Crippen LogP contribution in [0.25, 0.3) is 22.2 Å². The van der Waals surface area contributed by atoms with Crippen LogP contribution in [0, 0.1) is 17.5 Å². The fraction of sp³-hybridized carbons (Fsp3) is 0.212. The van der Waals surface area contributed by atoms with E-state index in [1.54, 1.807) is 24.3 Å². The van der Waals surface area contributed by atoms with Crippen LogP contribution in [0.1, 0.15) is 40.2 Å². The first-order chi connectivity index (χ1) is 20.7. The molecule has 0 aliphatic carbocycles. The minimum Gasteiger partial charge on any atom is -0.486 e. The number of nitrogens with one attached hydrogen (secondary N) is 1. The Morgan fingerprint density at radius 1 is 0.953 bits per heavy atom. The highest BCUT2D eigenvalue weighted by Gasteiger charge is 2.21. The van der Waals surface area contributed by atoms with E-state index >= 15 is 4.39 Å². The van der Waals surface area contributed by atoms with Gasteiger partial charge in [-0.25, -0.2) is 22.9 Å². The summed E-state index contributed by atoms with van der Waals surface area (Å²) in [6.45, 7) is 1.30. The molecule has 4 aromatic carbocycles. The predicted molar refractivity (Wildman–Crippen MR) is 158 cm³/mol. The average molecular weight is 606 g/mol. The van der Waals surface area contributed by atoms with E-state index in [9.17, 15) is 18.7 Å². The van der Waals surface area contributed by atoms with E-state index in [2.05, 4.69) is 5.32 Å². The SMILES string of the molecule is O=C(O)c1ccc2nc(Cc3ccc(-c4ccc(F)c(OCc5ccc(Cl)cc5F)c4)cc3F)n(C[C@@H]3CCCN3)c2c1. The molecule has 0 amide bonds.